The molecule has 0 unspecified atom stereocenters. The van der Waals surface area contributed by atoms with E-state index in [0.717, 1.165) is 4.48 Å². The smallest absolute Gasteiger partial charge is 0.0780 e. The second-order valence-electron chi connectivity index (χ2n) is 3.76. The summed E-state index contributed by atoms with van der Waals surface area (Å²) in [5.74, 6) is 0. The van der Waals surface area contributed by atoms with Gasteiger partial charge in [0, 0.05) is 0 Å². The van der Waals surface area contributed by atoms with Gasteiger partial charge in [-0.15, -0.1) is 0 Å². The van der Waals surface area contributed by atoms with Crippen LogP contribution in [0.25, 0.3) is 0 Å². The van der Waals surface area contributed by atoms with Crippen LogP contribution in [0.4, 0.5) is 0 Å². The molecule has 0 aromatic carbocycles. The molecule has 0 aliphatic rings. The van der Waals surface area contributed by atoms with Crippen LogP contribution in [0.1, 0.15) is 19.3 Å². The van der Waals surface area contributed by atoms with E-state index in [9.17, 15) is 0 Å². The van der Waals surface area contributed by atoms with Crippen molar-refractivity contribution in [2.24, 2.45) is 0 Å². The average Bonchev–Trinajstić information content (AvgIpc) is 1.78. The van der Waals surface area contributed by atoms with E-state index in [4.69, 9.17) is 0 Å². The van der Waals surface area contributed by atoms with E-state index in [1.807, 2.05) is 0 Å². The quantitative estimate of drug-likeness (QED) is 0.306. The van der Waals surface area contributed by atoms with Gasteiger partial charge in [-0.25, -0.2) is 0 Å². The van der Waals surface area contributed by atoms with Gasteiger partial charge in [0.1, 0.15) is 0 Å². The lowest BCUT2D eigenvalue weighted by Gasteiger charge is -2.23. The summed E-state index contributed by atoms with van der Waals surface area (Å²) in [4.78, 5) is 0. The molecular formula is C8H19IN+. The molecule has 0 saturated heterocycles. The molecule has 0 aliphatic carbocycles. The first-order valence-corrected chi connectivity index (χ1v) is 5.45. The predicted octanol–water partition coefficient (Wildman–Crippen LogP) is 2.30. The van der Waals surface area contributed by atoms with Gasteiger partial charge in [0.05, 0.1) is 27.7 Å². The minimum Gasteiger partial charge on any atom is -0.331 e. The lowest BCUT2D eigenvalue weighted by molar-refractivity contribution is -0.870. The zero-order chi connectivity index (χ0) is 8.04. The van der Waals surface area contributed by atoms with Crippen molar-refractivity contribution in [1.29, 1.82) is 0 Å². The predicted molar refractivity (Wildman–Crippen MR) is 55.6 cm³/mol. The molecule has 0 heterocycles. The van der Waals surface area contributed by atoms with Crippen molar-refractivity contribution in [3.8, 4) is 0 Å². The fourth-order valence-corrected chi connectivity index (χ4v) is 1.40. The first-order valence-electron chi connectivity index (χ1n) is 3.93. The second-order valence-corrected chi connectivity index (χ2v) is 4.84. The van der Waals surface area contributed by atoms with E-state index >= 15 is 0 Å². The first-order chi connectivity index (χ1) is 4.56. The summed E-state index contributed by atoms with van der Waals surface area (Å²) in [7, 11) is 6.76. The first kappa shape index (κ1) is 10.7. The highest BCUT2D eigenvalue weighted by molar-refractivity contribution is 14.1. The summed E-state index contributed by atoms with van der Waals surface area (Å²) in [5.41, 5.74) is 0. The van der Waals surface area contributed by atoms with Gasteiger partial charge in [0.15, 0.2) is 0 Å². The van der Waals surface area contributed by atoms with Gasteiger partial charge < -0.3 is 4.48 Å². The van der Waals surface area contributed by atoms with Crippen molar-refractivity contribution in [3.63, 3.8) is 0 Å². The van der Waals surface area contributed by atoms with E-state index in [-0.39, 0.29) is 0 Å². The Morgan fingerprint density at radius 1 is 1.00 bits per heavy atom. The van der Waals surface area contributed by atoms with Gasteiger partial charge in [0.2, 0.25) is 0 Å². The van der Waals surface area contributed by atoms with Crippen molar-refractivity contribution in [2.75, 3.05) is 32.1 Å². The van der Waals surface area contributed by atoms with Crippen molar-refractivity contribution in [1.82, 2.24) is 0 Å². The molecule has 0 aromatic heterocycles. The maximum absolute atomic E-state index is 2.44. The van der Waals surface area contributed by atoms with Crippen molar-refractivity contribution in [2.45, 2.75) is 19.3 Å². The zero-order valence-corrected chi connectivity index (χ0v) is 9.52. The van der Waals surface area contributed by atoms with E-state index in [1.165, 1.54) is 30.2 Å². The molecule has 2 heteroatoms. The Balaban J connectivity index is 3.04. The van der Waals surface area contributed by atoms with E-state index in [1.54, 1.807) is 0 Å². The highest BCUT2D eigenvalue weighted by atomic mass is 127. The second kappa shape index (κ2) is 5.35. The molecule has 0 fully saturated rings. The molecule has 1 nitrogen and oxygen atoms in total. The Morgan fingerprint density at radius 2 is 1.60 bits per heavy atom. The average molecular weight is 256 g/mol. The summed E-state index contributed by atoms with van der Waals surface area (Å²) >= 11 is 2.44. The SMILES string of the molecule is C[N+](C)(C)CCCCCI. The number of unbranched alkanes of at least 4 members (excludes halogenated alkanes) is 2. The number of halogens is 1. The van der Waals surface area contributed by atoms with Crippen LogP contribution >= 0.6 is 22.6 Å². The molecule has 0 amide bonds. The topological polar surface area (TPSA) is 0 Å². The molecule has 0 spiro atoms. The normalized spacial score (nSPS) is 12.0. The third-order valence-electron chi connectivity index (χ3n) is 1.46. The molecule has 0 atom stereocenters. The Kier molecular flexibility index (Phi) is 5.72. The molecule has 0 bridgehead atoms. The van der Waals surface area contributed by atoms with Gasteiger partial charge >= 0.3 is 0 Å². The molecule has 0 aliphatic heterocycles. The maximum atomic E-state index is 2.44. The van der Waals surface area contributed by atoms with Gasteiger partial charge in [-0.05, 0) is 23.7 Å². The molecule has 0 rings (SSSR count). The Labute approximate surface area is 78.5 Å². The Bertz CT molecular complexity index is 75.8. The lowest BCUT2D eigenvalue weighted by Crippen LogP contribution is -2.35. The number of nitrogens with zero attached hydrogens (tertiary/aromatic N) is 1. The number of hydrogen-bond donors (Lipinski definition) is 0. The fraction of sp³-hybridized carbons (Fsp3) is 1.00. The largest absolute Gasteiger partial charge is 0.331 e. The zero-order valence-electron chi connectivity index (χ0n) is 7.36. The third kappa shape index (κ3) is 8.69. The number of rotatable bonds is 5. The van der Waals surface area contributed by atoms with Crippen LogP contribution in [0.5, 0.6) is 0 Å². The highest BCUT2D eigenvalue weighted by Crippen LogP contribution is 2.02. The molecule has 0 N–H and O–H groups in total. The number of quaternary nitrogens is 1. The molecular weight excluding hydrogens is 237 g/mol. The monoisotopic (exact) mass is 256 g/mol. The van der Waals surface area contributed by atoms with Crippen LogP contribution < -0.4 is 0 Å². The van der Waals surface area contributed by atoms with Crippen LogP contribution in [0, 0.1) is 0 Å². The van der Waals surface area contributed by atoms with E-state index in [2.05, 4.69) is 43.7 Å². The molecule has 0 saturated carbocycles. The lowest BCUT2D eigenvalue weighted by atomic mass is 10.2. The van der Waals surface area contributed by atoms with E-state index < -0.39 is 0 Å². The highest BCUT2D eigenvalue weighted by Gasteiger charge is 2.04. The molecule has 0 aromatic rings. The van der Waals surface area contributed by atoms with Gasteiger partial charge in [-0.2, -0.15) is 0 Å². The summed E-state index contributed by atoms with van der Waals surface area (Å²) in [6.45, 7) is 1.32. The van der Waals surface area contributed by atoms with Crippen LogP contribution in [-0.4, -0.2) is 36.6 Å². The summed E-state index contributed by atoms with van der Waals surface area (Å²) in [6, 6.07) is 0. The van der Waals surface area contributed by atoms with Crippen molar-refractivity contribution < 1.29 is 4.48 Å². The standard InChI is InChI=1S/C8H19IN/c1-10(2,3)8-6-4-5-7-9/h4-8H2,1-3H3/q+1. The fourth-order valence-electron chi connectivity index (χ4n) is 0.857. The number of hydrogen-bond acceptors (Lipinski definition) is 0. The summed E-state index contributed by atoms with van der Waals surface area (Å²) in [6.07, 6.45) is 4.17. The van der Waals surface area contributed by atoms with Crippen LogP contribution in [0.15, 0.2) is 0 Å². The maximum Gasteiger partial charge on any atom is 0.0780 e. The van der Waals surface area contributed by atoms with Gasteiger partial charge in [0.25, 0.3) is 0 Å². The van der Waals surface area contributed by atoms with Crippen LogP contribution in [0.3, 0.4) is 0 Å². The summed E-state index contributed by atoms with van der Waals surface area (Å²) in [5, 5.41) is 0. The minimum absolute atomic E-state index is 1.11. The van der Waals surface area contributed by atoms with E-state index in [0.29, 0.717) is 0 Å². The molecule has 62 valence electrons. The molecule has 10 heavy (non-hydrogen) atoms. The van der Waals surface area contributed by atoms with Gasteiger partial charge in [-0.3, -0.25) is 0 Å². The summed E-state index contributed by atoms with van der Waals surface area (Å²) < 4.78 is 2.43. The molecule has 0 radical (unpaired) electrons. The number of alkyl halides is 1. The Hall–Kier alpha value is 0.690. The van der Waals surface area contributed by atoms with Crippen LogP contribution in [-0.2, 0) is 0 Å². The van der Waals surface area contributed by atoms with Gasteiger partial charge in [-0.1, -0.05) is 22.6 Å². The van der Waals surface area contributed by atoms with Crippen LogP contribution in [0.2, 0.25) is 0 Å². The minimum atomic E-state index is 1.11. The van der Waals surface area contributed by atoms with Crippen molar-refractivity contribution >= 4 is 22.6 Å². The van der Waals surface area contributed by atoms with Crippen molar-refractivity contribution in [3.05, 3.63) is 0 Å². The Morgan fingerprint density at radius 3 is 2.00 bits per heavy atom. The third-order valence-corrected chi connectivity index (χ3v) is 2.23.